The van der Waals surface area contributed by atoms with Crippen molar-refractivity contribution in [2.75, 3.05) is 0 Å². The molecule has 0 radical (unpaired) electrons. The first-order chi connectivity index (χ1) is 8.58. The van der Waals surface area contributed by atoms with Crippen molar-refractivity contribution in [2.24, 2.45) is 5.73 Å². The van der Waals surface area contributed by atoms with Crippen molar-refractivity contribution in [3.8, 4) is 0 Å². The first-order valence-electron chi connectivity index (χ1n) is 5.45. The van der Waals surface area contributed by atoms with E-state index in [0.29, 0.717) is 0 Å². The lowest BCUT2D eigenvalue weighted by Crippen LogP contribution is -2.13. The van der Waals surface area contributed by atoms with E-state index in [1.54, 1.807) is 11.8 Å². The highest BCUT2D eigenvalue weighted by Gasteiger charge is 2.10. The van der Waals surface area contributed by atoms with E-state index in [4.69, 9.17) is 11.1 Å². The first kappa shape index (κ1) is 13.2. The summed E-state index contributed by atoms with van der Waals surface area (Å²) in [5.74, 6) is 0.0806. The van der Waals surface area contributed by atoms with Gasteiger partial charge in [0, 0.05) is 19.8 Å². The highest BCUT2D eigenvalue weighted by molar-refractivity contribution is 9.10. The molecule has 0 aliphatic heterocycles. The van der Waals surface area contributed by atoms with Crippen LogP contribution in [0.5, 0.6) is 0 Å². The smallest absolute Gasteiger partial charge is 0.125 e. The molecule has 92 valence electrons. The molecule has 0 saturated carbocycles. The second-order valence-corrected chi connectivity index (χ2v) is 5.91. The molecular formula is C14H13BrN2S. The monoisotopic (exact) mass is 320 g/mol. The molecule has 0 saturated heterocycles. The maximum Gasteiger partial charge on any atom is 0.125 e. The number of nitrogen functional groups attached to an aromatic ring is 1. The summed E-state index contributed by atoms with van der Waals surface area (Å²) in [7, 11) is 0. The Bertz CT molecular complexity index is 579. The lowest BCUT2D eigenvalue weighted by Gasteiger charge is -2.09. The van der Waals surface area contributed by atoms with Crippen LogP contribution in [0, 0.1) is 12.3 Å². The number of hydrogen-bond donors (Lipinski definition) is 2. The van der Waals surface area contributed by atoms with Crippen LogP contribution in [-0.4, -0.2) is 5.84 Å². The summed E-state index contributed by atoms with van der Waals surface area (Å²) in [6, 6.07) is 14.1. The molecule has 0 fully saturated rings. The summed E-state index contributed by atoms with van der Waals surface area (Å²) in [4.78, 5) is 2.13. The van der Waals surface area contributed by atoms with Crippen molar-refractivity contribution in [1.29, 1.82) is 5.41 Å². The minimum absolute atomic E-state index is 0.0806. The predicted molar refractivity (Wildman–Crippen MR) is 80.5 cm³/mol. The second kappa shape index (κ2) is 5.59. The third-order valence-corrected chi connectivity index (χ3v) is 4.22. The fourth-order valence-corrected chi connectivity index (χ4v) is 3.29. The number of nitrogens with two attached hydrogens (primary N) is 1. The number of hydrogen-bond acceptors (Lipinski definition) is 2. The average Bonchev–Trinajstić information content (AvgIpc) is 2.32. The van der Waals surface area contributed by atoms with Crippen LogP contribution >= 0.6 is 27.7 Å². The Labute approximate surface area is 119 Å². The zero-order chi connectivity index (χ0) is 13.1. The van der Waals surface area contributed by atoms with Crippen molar-refractivity contribution in [1.82, 2.24) is 0 Å². The lowest BCUT2D eigenvalue weighted by molar-refractivity contribution is 1.31. The topological polar surface area (TPSA) is 49.9 Å². The van der Waals surface area contributed by atoms with Gasteiger partial charge in [-0.15, -0.1) is 0 Å². The molecule has 2 aromatic rings. The van der Waals surface area contributed by atoms with Crippen molar-refractivity contribution < 1.29 is 0 Å². The van der Waals surface area contributed by atoms with E-state index in [-0.39, 0.29) is 5.84 Å². The molecule has 3 N–H and O–H groups in total. The molecule has 0 heterocycles. The fourth-order valence-electron chi connectivity index (χ4n) is 1.58. The van der Waals surface area contributed by atoms with Crippen LogP contribution in [0.3, 0.4) is 0 Å². The Morgan fingerprint density at radius 2 is 1.83 bits per heavy atom. The van der Waals surface area contributed by atoms with Crippen LogP contribution in [-0.2, 0) is 0 Å². The standard InChI is InChI=1S/C14H13BrN2S/c1-9-5-7-10(8-6-9)18-12-4-2-3-11(15)13(12)14(16)17/h2-8H,1H3,(H3,16,17). The van der Waals surface area contributed by atoms with Gasteiger partial charge in [-0.2, -0.15) is 0 Å². The quantitative estimate of drug-likeness (QED) is 0.658. The van der Waals surface area contributed by atoms with E-state index in [0.717, 1.165) is 19.8 Å². The van der Waals surface area contributed by atoms with Crippen LogP contribution in [0.2, 0.25) is 0 Å². The van der Waals surface area contributed by atoms with Gasteiger partial charge in [0.1, 0.15) is 5.84 Å². The molecule has 0 aromatic heterocycles. The Kier molecular flexibility index (Phi) is 4.09. The van der Waals surface area contributed by atoms with Gasteiger partial charge in [-0.05, 0) is 47.1 Å². The van der Waals surface area contributed by atoms with E-state index >= 15 is 0 Å². The van der Waals surface area contributed by atoms with Crippen LogP contribution < -0.4 is 5.73 Å². The van der Waals surface area contributed by atoms with E-state index in [1.165, 1.54) is 5.56 Å². The summed E-state index contributed by atoms with van der Waals surface area (Å²) in [5, 5.41) is 7.65. The van der Waals surface area contributed by atoms with Gasteiger partial charge >= 0.3 is 0 Å². The molecule has 0 bridgehead atoms. The third kappa shape index (κ3) is 2.94. The predicted octanol–water partition coefficient (Wildman–Crippen LogP) is 4.19. The molecule has 0 unspecified atom stereocenters. The molecule has 0 atom stereocenters. The number of rotatable bonds is 3. The third-order valence-electron chi connectivity index (χ3n) is 2.49. The summed E-state index contributed by atoms with van der Waals surface area (Å²) in [6.07, 6.45) is 0. The van der Waals surface area contributed by atoms with E-state index in [9.17, 15) is 0 Å². The van der Waals surface area contributed by atoms with E-state index < -0.39 is 0 Å². The maximum atomic E-state index is 7.65. The Balaban J connectivity index is 2.37. The highest BCUT2D eigenvalue weighted by Crippen LogP contribution is 2.33. The molecule has 4 heteroatoms. The molecule has 2 nitrogen and oxygen atoms in total. The normalized spacial score (nSPS) is 10.3. The van der Waals surface area contributed by atoms with Crippen molar-refractivity contribution in [3.05, 3.63) is 58.1 Å². The van der Waals surface area contributed by atoms with Crippen LogP contribution in [0.1, 0.15) is 11.1 Å². The largest absolute Gasteiger partial charge is 0.384 e. The number of aryl methyl sites for hydroxylation is 1. The Hall–Kier alpha value is -1.26. The molecule has 18 heavy (non-hydrogen) atoms. The van der Waals surface area contributed by atoms with Gasteiger partial charge in [0.2, 0.25) is 0 Å². The van der Waals surface area contributed by atoms with Gasteiger partial charge in [-0.3, -0.25) is 5.41 Å². The minimum atomic E-state index is 0.0806. The highest BCUT2D eigenvalue weighted by atomic mass is 79.9. The van der Waals surface area contributed by atoms with Gasteiger partial charge in [0.05, 0.1) is 0 Å². The van der Waals surface area contributed by atoms with Crippen molar-refractivity contribution in [2.45, 2.75) is 16.7 Å². The Morgan fingerprint density at radius 1 is 1.17 bits per heavy atom. The maximum absolute atomic E-state index is 7.65. The summed E-state index contributed by atoms with van der Waals surface area (Å²) in [6.45, 7) is 2.06. The van der Waals surface area contributed by atoms with E-state index in [2.05, 4.69) is 47.1 Å². The van der Waals surface area contributed by atoms with Crippen molar-refractivity contribution in [3.63, 3.8) is 0 Å². The summed E-state index contributed by atoms with van der Waals surface area (Å²) < 4.78 is 0.854. The number of halogens is 1. The SMILES string of the molecule is Cc1ccc(Sc2cccc(Br)c2C(=N)N)cc1. The second-order valence-electron chi connectivity index (χ2n) is 3.94. The van der Waals surface area contributed by atoms with Crippen molar-refractivity contribution >= 4 is 33.5 Å². The molecule has 2 aromatic carbocycles. The summed E-state index contributed by atoms with van der Waals surface area (Å²) in [5.41, 5.74) is 7.62. The molecule has 2 rings (SSSR count). The molecule has 0 spiro atoms. The molecule has 0 aliphatic carbocycles. The minimum Gasteiger partial charge on any atom is -0.384 e. The van der Waals surface area contributed by atoms with E-state index in [1.807, 2.05) is 18.2 Å². The van der Waals surface area contributed by atoms with Crippen LogP contribution in [0.25, 0.3) is 0 Å². The summed E-state index contributed by atoms with van der Waals surface area (Å²) >= 11 is 5.05. The zero-order valence-electron chi connectivity index (χ0n) is 9.91. The fraction of sp³-hybridized carbons (Fsp3) is 0.0714. The zero-order valence-corrected chi connectivity index (χ0v) is 12.3. The van der Waals surface area contributed by atoms with Crippen LogP contribution in [0.4, 0.5) is 0 Å². The van der Waals surface area contributed by atoms with Gasteiger partial charge in [0.15, 0.2) is 0 Å². The van der Waals surface area contributed by atoms with Gasteiger partial charge in [0.25, 0.3) is 0 Å². The number of benzene rings is 2. The van der Waals surface area contributed by atoms with Gasteiger partial charge in [-0.25, -0.2) is 0 Å². The Morgan fingerprint density at radius 3 is 2.44 bits per heavy atom. The molecular weight excluding hydrogens is 308 g/mol. The molecule has 0 aliphatic rings. The van der Waals surface area contributed by atoms with Crippen LogP contribution in [0.15, 0.2) is 56.7 Å². The number of amidine groups is 1. The molecule has 0 amide bonds. The van der Waals surface area contributed by atoms with Gasteiger partial charge in [-0.1, -0.05) is 35.5 Å². The average molecular weight is 321 g/mol. The number of nitrogens with one attached hydrogen (secondary N) is 1. The first-order valence-corrected chi connectivity index (χ1v) is 7.06. The lowest BCUT2D eigenvalue weighted by atomic mass is 10.2. The van der Waals surface area contributed by atoms with Gasteiger partial charge < -0.3 is 5.73 Å².